The number of Topliss-reactive ketones (excluding diaryl/α,β-unsaturated/α-hetero) is 1. The first-order valence-electron chi connectivity index (χ1n) is 8.49. The molecule has 25 heavy (non-hydrogen) atoms. The van der Waals surface area contributed by atoms with Crippen molar-refractivity contribution >= 4 is 17.6 Å². The molecule has 2 aromatic rings. The van der Waals surface area contributed by atoms with Crippen LogP contribution in [-0.2, 0) is 11.2 Å². The third kappa shape index (κ3) is 3.73. The summed E-state index contributed by atoms with van der Waals surface area (Å²) in [7, 11) is 0. The molecule has 0 spiro atoms. The van der Waals surface area contributed by atoms with Crippen LogP contribution in [0.15, 0.2) is 42.5 Å². The van der Waals surface area contributed by atoms with Crippen LogP contribution < -0.4 is 4.90 Å². The van der Waals surface area contributed by atoms with Crippen LogP contribution in [0.5, 0.6) is 0 Å². The van der Waals surface area contributed by atoms with Gasteiger partial charge in [0.1, 0.15) is 5.60 Å². The summed E-state index contributed by atoms with van der Waals surface area (Å²) in [6.07, 6.45) is 0.512. The summed E-state index contributed by atoms with van der Waals surface area (Å²) in [5.74, 6) is 0.0634. The molecule has 130 valence electrons. The maximum absolute atomic E-state index is 12.4. The zero-order chi connectivity index (χ0) is 18.2. The Bertz CT molecular complexity index is 816. The maximum Gasteiger partial charge on any atom is 0.414 e. The van der Waals surface area contributed by atoms with E-state index >= 15 is 0 Å². The van der Waals surface area contributed by atoms with Gasteiger partial charge in [-0.3, -0.25) is 9.69 Å². The minimum atomic E-state index is -0.502. The Balaban J connectivity index is 1.84. The minimum Gasteiger partial charge on any atom is -0.443 e. The van der Waals surface area contributed by atoms with E-state index in [1.165, 1.54) is 0 Å². The zero-order valence-corrected chi connectivity index (χ0v) is 15.1. The number of hydrogen-bond donors (Lipinski definition) is 0. The lowest BCUT2D eigenvalue weighted by Crippen LogP contribution is -2.35. The van der Waals surface area contributed by atoms with Crippen molar-refractivity contribution in [1.82, 2.24) is 0 Å². The number of anilines is 1. The van der Waals surface area contributed by atoms with Crippen molar-refractivity contribution in [3.63, 3.8) is 0 Å². The summed E-state index contributed by atoms with van der Waals surface area (Å²) in [6, 6.07) is 13.7. The number of rotatable bonds is 2. The van der Waals surface area contributed by atoms with Crippen LogP contribution in [0.3, 0.4) is 0 Å². The van der Waals surface area contributed by atoms with Crippen molar-refractivity contribution in [2.75, 3.05) is 11.4 Å². The number of amides is 1. The second-order valence-corrected chi connectivity index (χ2v) is 7.36. The van der Waals surface area contributed by atoms with Gasteiger partial charge in [0.05, 0.1) is 5.69 Å². The molecular weight excluding hydrogens is 314 g/mol. The molecule has 0 fully saturated rings. The van der Waals surface area contributed by atoms with Gasteiger partial charge in [-0.2, -0.15) is 0 Å². The molecule has 4 heteroatoms. The molecule has 0 aliphatic carbocycles. The molecule has 1 heterocycles. The van der Waals surface area contributed by atoms with Crippen molar-refractivity contribution in [3.05, 3.63) is 53.6 Å². The molecule has 0 radical (unpaired) electrons. The Labute approximate surface area is 148 Å². The lowest BCUT2D eigenvalue weighted by atomic mass is 10.00. The number of carbonyl (C=O) groups is 2. The van der Waals surface area contributed by atoms with Crippen molar-refractivity contribution in [3.8, 4) is 11.1 Å². The van der Waals surface area contributed by atoms with Gasteiger partial charge < -0.3 is 4.74 Å². The number of fused-ring (bicyclic) bond motifs is 1. The van der Waals surface area contributed by atoms with E-state index in [1.54, 1.807) is 11.8 Å². The summed E-state index contributed by atoms with van der Waals surface area (Å²) >= 11 is 0. The molecule has 1 aliphatic heterocycles. The van der Waals surface area contributed by atoms with Gasteiger partial charge in [0.25, 0.3) is 0 Å². The average Bonchev–Trinajstić information content (AvgIpc) is 2.96. The van der Waals surface area contributed by atoms with Gasteiger partial charge in [0, 0.05) is 12.1 Å². The quantitative estimate of drug-likeness (QED) is 0.736. The Hall–Kier alpha value is -2.62. The lowest BCUT2D eigenvalue weighted by Gasteiger charge is -2.24. The van der Waals surface area contributed by atoms with Crippen LogP contribution >= 0.6 is 0 Å². The van der Waals surface area contributed by atoms with Crippen LogP contribution in [0, 0.1) is 0 Å². The van der Waals surface area contributed by atoms with Crippen LogP contribution in [-0.4, -0.2) is 24.0 Å². The topological polar surface area (TPSA) is 46.6 Å². The van der Waals surface area contributed by atoms with E-state index < -0.39 is 5.60 Å². The van der Waals surface area contributed by atoms with Gasteiger partial charge in [-0.05, 0) is 62.9 Å². The highest BCUT2D eigenvalue weighted by Gasteiger charge is 2.29. The number of ether oxygens (including phenoxy) is 1. The monoisotopic (exact) mass is 337 g/mol. The summed E-state index contributed by atoms with van der Waals surface area (Å²) in [6.45, 7) is 7.81. The number of carbonyl (C=O) groups excluding carboxylic acids is 2. The normalized spacial score (nSPS) is 13.5. The maximum atomic E-state index is 12.4. The Morgan fingerprint density at radius 2 is 1.64 bits per heavy atom. The molecule has 0 atom stereocenters. The predicted octanol–water partition coefficient (Wildman–Crippen LogP) is 4.85. The van der Waals surface area contributed by atoms with Gasteiger partial charge >= 0.3 is 6.09 Å². The van der Waals surface area contributed by atoms with Gasteiger partial charge in [-0.15, -0.1) is 0 Å². The van der Waals surface area contributed by atoms with Crippen molar-refractivity contribution in [2.24, 2.45) is 0 Å². The Morgan fingerprint density at radius 1 is 1.00 bits per heavy atom. The van der Waals surface area contributed by atoms with Crippen LogP contribution in [0.2, 0.25) is 0 Å². The fraction of sp³-hybridized carbons (Fsp3) is 0.333. The van der Waals surface area contributed by atoms with Crippen molar-refractivity contribution < 1.29 is 14.3 Å². The molecule has 0 bridgehead atoms. The molecule has 0 saturated carbocycles. The summed E-state index contributed by atoms with van der Waals surface area (Å²) in [5.41, 5.74) is 4.40. The molecule has 4 nitrogen and oxygen atoms in total. The smallest absolute Gasteiger partial charge is 0.414 e. The second kappa shape index (κ2) is 6.36. The van der Waals surface area contributed by atoms with Gasteiger partial charge in [0.15, 0.2) is 5.78 Å². The van der Waals surface area contributed by atoms with Gasteiger partial charge in [0.2, 0.25) is 0 Å². The highest BCUT2D eigenvalue weighted by molar-refractivity contribution is 5.94. The first-order valence-corrected chi connectivity index (χ1v) is 8.49. The highest BCUT2D eigenvalue weighted by Crippen LogP contribution is 2.33. The predicted molar refractivity (Wildman–Crippen MR) is 99.2 cm³/mol. The summed E-state index contributed by atoms with van der Waals surface area (Å²) < 4.78 is 5.48. The van der Waals surface area contributed by atoms with Gasteiger partial charge in [-0.1, -0.05) is 30.3 Å². The fourth-order valence-electron chi connectivity index (χ4n) is 2.99. The van der Waals surface area contributed by atoms with Crippen LogP contribution in [0.1, 0.15) is 43.6 Å². The first-order chi connectivity index (χ1) is 11.7. The van der Waals surface area contributed by atoms with Gasteiger partial charge in [-0.25, -0.2) is 4.79 Å². The minimum absolute atomic E-state index is 0.0634. The molecule has 0 aromatic heterocycles. The number of hydrogen-bond acceptors (Lipinski definition) is 3. The van der Waals surface area contributed by atoms with E-state index in [0.717, 1.165) is 28.8 Å². The average molecular weight is 337 g/mol. The van der Waals surface area contributed by atoms with Crippen LogP contribution in [0.4, 0.5) is 10.5 Å². The standard InChI is InChI=1S/C21H23NO3/c1-14(23)15-5-7-16(8-6-15)17-9-10-19-18(13-17)11-12-22(19)20(24)25-21(2,3)4/h5-10,13H,11-12H2,1-4H3. The molecule has 1 amide bonds. The molecular formula is C21H23NO3. The Morgan fingerprint density at radius 3 is 2.24 bits per heavy atom. The third-order valence-electron chi connectivity index (χ3n) is 4.21. The van der Waals surface area contributed by atoms with E-state index in [2.05, 4.69) is 6.07 Å². The molecule has 0 saturated heterocycles. The van der Waals surface area contributed by atoms with Crippen LogP contribution in [0.25, 0.3) is 11.1 Å². The summed E-state index contributed by atoms with van der Waals surface area (Å²) in [5, 5.41) is 0. The second-order valence-electron chi connectivity index (χ2n) is 7.36. The molecule has 1 aliphatic rings. The van der Waals surface area contributed by atoms with E-state index in [9.17, 15) is 9.59 Å². The zero-order valence-electron chi connectivity index (χ0n) is 15.1. The number of benzene rings is 2. The van der Waals surface area contributed by atoms with E-state index in [1.807, 2.05) is 57.2 Å². The third-order valence-corrected chi connectivity index (χ3v) is 4.21. The van der Waals surface area contributed by atoms with E-state index in [-0.39, 0.29) is 11.9 Å². The van der Waals surface area contributed by atoms with E-state index in [0.29, 0.717) is 12.1 Å². The Kier molecular flexibility index (Phi) is 4.38. The van der Waals surface area contributed by atoms with Crippen molar-refractivity contribution in [2.45, 2.75) is 39.7 Å². The highest BCUT2D eigenvalue weighted by atomic mass is 16.6. The largest absolute Gasteiger partial charge is 0.443 e. The number of nitrogens with zero attached hydrogens (tertiary/aromatic N) is 1. The first kappa shape index (κ1) is 17.2. The fourth-order valence-corrected chi connectivity index (χ4v) is 2.99. The summed E-state index contributed by atoms with van der Waals surface area (Å²) in [4.78, 5) is 25.4. The van der Waals surface area contributed by atoms with Crippen molar-refractivity contribution in [1.29, 1.82) is 0 Å². The molecule has 3 rings (SSSR count). The molecule has 0 unspecified atom stereocenters. The molecule has 2 aromatic carbocycles. The lowest BCUT2D eigenvalue weighted by molar-refractivity contribution is 0.0584. The number of ketones is 1. The molecule has 0 N–H and O–H groups in total. The van der Waals surface area contributed by atoms with E-state index in [4.69, 9.17) is 4.74 Å². The SMILES string of the molecule is CC(=O)c1ccc(-c2ccc3c(c2)CCN3C(=O)OC(C)(C)C)cc1.